The molecule has 0 radical (unpaired) electrons. The second kappa shape index (κ2) is 10.0. The molecule has 174 valence electrons. The number of nitrogens with one attached hydrogen (secondary N) is 1. The second-order valence-corrected chi connectivity index (χ2v) is 8.49. The van der Waals surface area contributed by atoms with Gasteiger partial charge in [-0.3, -0.25) is 9.59 Å². The molecular weight excluding hydrogens is 424 g/mol. The Hall–Kier alpha value is -3.39. The topological polar surface area (TPSA) is 105 Å². The summed E-state index contributed by atoms with van der Waals surface area (Å²) in [5.41, 5.74) is 4.57. The number of carboxylic acid groups (broad SMARTS) is 1. The number of morpholine rings is 1. The zero-order valence-corrected chi connectivity index (χ0v) is 18.5. The van der Waals surface area contributed by atoms with Gasteiger partial charge in [-0.2, -0.15) is 0 Å². The van der Waals surface area contributed by atoms with Gasteiger partial charge in [0.05, 0.1) is 25.7 Å². The average molecular weight is 453 g/mol. The van der Waals surface area contributed by atoms with Crippen molar-refractivity contribution in [1.29, 1.82) is 0 Å². The molecule has 1 fully saturated rings. The molecule has 0 aromatic heterocycles. The molecule has 2 aliphatic rings. The maximum Gasteiger partial charge on any atom is 0.407 e. The van der Waals surface area contributed by atoms with Crippen LogP contribution in [0.4, 0.5) is 4.79 Å². The summed E-state index contributed by atoms with van der Waals surface area (Å²) < 4.78 is 10.9. The van der Waals surface area contributed by atoms with Gasteiger partial charge >= 0.3 is 12.1 Å². The first-order chi connectivity index (χ1) is 15.9. The standard InChI is InChI=1S/C25H28N2O6/c1-16(12-23(28)27-10-11-32-14-17(27)13-24(29)30)26-25(31)33-15-22-20-8-4-2-6-18(20)19-7-3-5-9-21(19)22/h2-9,16-17,22H,10-15H2,1H3,(H,26,31)(H,29,30)/t16-,17?/m0/s1. The van der Waals surface area contributed by atoms with Gasteiger partial charge in [-0.05, 0) is 29.2 Å². The third-order valence-corrected chi connectivity index (χ3v) is 6.15. The number of amides is 2. The number of carbonyl (C=O) groups is 3. The molecule has 33 heavy (non-hydrogen) atoms. The summed E-state index contributed by atoms with van der Waals surface area (Å²) in [5, 5.41) is 11.8. The van der Waals surface area contributed by atoms with E-state index < -0.39 is 24.1 Å². The first-order valence-electron chi connectivity index (χ1n) is 11.1. The van der Waals surface area contributed by atoms with Crippen LogP contribution in [0.15, 0.2) is 48.5 Å². The fourth-order valence-corrected chi connectivity index (χ4v) is 4.63. The Morgan fingerprint density at radius 1 is 1.12 bits per heavy atom. The average Bonchev–Trinajstić information content (AvgIpc) is 3.11. The first kappa shape index (κ1) is 22.8. The zero-order chi connectivity index (χ0) is 23.4. The van der Waals surface area contributed by atoms with Crippen molar-refractivity contribution in [1.82, 2.24) is 10.2 Å². The van der Waals surface area contributed by atoms with Crippen molar-refractivity contribution in [2.45, 2.75) is 37.8 Å². The maximum absolute atomic E-state index is 12.7. The number of benzene rings is 2. The quantitative estimate of drug-likeness (QED) is 0.669. The van der Waals surface area contributed by atoms with Gasteiger partial charge < -0.3 is 24.8 Å². The second-order valence-electron chi connectivity index (χ2n) is 8.49. The lowest BCUT2D eigenvalue weighted by atomic mass is 9.98. The number of carbonyl (C=O) groups excluding carboxylic acids is 2. The van der Waals surface area contributed by atoms with E-state index in [2.05, 4.69) is 29.6 Å². The predicted molar refractivity (Wildman–Crippen MR) is 121 cm³/mol. The van der Waals surface area contributed by atoms with Gasteiger partial charge in [0.1, 0.15) is 6.61 Å². The van der Waals surface area contributed by atoms with Crippen LogP contribution in [0.5, 0.6) is 0 Å². The minimum Gasteiger partial charge on any atom is -0.481 e. The predicted octanol–water partition coefficient (Wildman–Crippen LogP) is 3.01. The van der Waals surface area contributed by atoms with Gasteiger partial charge in [0.25, 0.3) is 0 Å². The Kier molecular flexibility index (Phi) is 6.93. The first-order valence-corrected chi connectivity index (χ1v) is 11.1. The lowest BCUT2D eigenvalue weighted by Gasteiger charge is -2.35. The van der Waals surface area contributed by atoms with Crippen LogP contribution in [-0.2, 0) is 19.1 Å². The van der Waals surface area contributed by atoms with E-state index in [9.17, 15) is 14.4 Å². The summed E-state index contributed by atoms with van der Waals surface area (Å²) in [6.45, 7) is 2.84. The van der Waals surface area contributed by atoms with E-state index in [4.69, 9.17) is 14.6 Å². The molecule has 1 aliphatic heterocycles. The Balaban J connectivity index is 1.31. The lowest BCUT2D eigenvalue weighted by molar-refractivity contribution is -0.146. The van der Waals surface area contributed by atoms with Crippen LogP contribution in [-0.4, -0.2) is 66.4 Å². The van der Waals surface area contributed by atoms with E-state index in [1.807, 2.05) is 24.3 Å². The summed E-state index contributed by atoms with van der Waals surface area (Å²) in [6, 6.07) is 15.3. The Labute approximate surface area is 192 Å². The van der Waals surface area contributed by atoms with Gasteiger partial charge in [0, 0.05) is 24.9 Å². The van der Waals surface area contributed by atoms with Crippen molar-refractivity contribution in [2.75, 3.05) is 26.4 Å². The summed E-state index contributed by atoms with van der Waals surface area (Å²) in [7, 11) is 0. The minimum atomic E-state index is -0.979. The highest BCUT2D eigenvalue weighted by Crippen LogP contribution is 2.44. The normalized spacial score (nSPS) is 18.2. The third kappa shape index (κ3) is 5.17. The van der Waals surface area contributed by atoms with Gasteiger partial charge in [0.15, 0.2) is 0 Å². The summed E-state index contributed by atoms with van der Waals surface area (Å²) in [6.07, 6.45) is -0.693. The summed E-state index contributed by atoms with van der Waals surface area (Å²) in [4.78, 5) is 37.8. The summed E-state index contributed by atoms with van der Waals surface area (Å²) in [5.74, 6) is -1.23. The van der Waals surface area contributed by atoms with E-state index in [-0.39, 0.29) is 37.9 Å². The van der Waals surface area contributed by atoms with E-state index in [1.54, 1.807) is 6.92 Å². The number of carboxylic acids is 1. The van der Waals surface area contributed by atoms with E-state index in [0.717, 1.165) is 22.3 Å². The smallest absolute Gasteiger partial charge is 0.407 e. The van der Waals surface area contributed by atoms with Crippen molar-refractivity contribution in [3.05, 3.63) is 59.7 Å². The van der Waals surface area contributed by atoms with Gasteiger partial charge in [-0.15, -0.1) is 0 Å². The van der Waals surface area contributed by atoms with Gasteiger partial charge in [-0.1, -0.05) is 48.5 Å². The Bertz CT molecular complexity index is 994. The maximum atomic E-state index is 12.7. The molecule has 0 saturated carbocycles. The number of rotatable bonds is 7. The molecular formula is C25H28N2O6. The molecule has 0 bridgehead atoms. The molecule has 2 amide bonds. The molecule has 8 heteroatoms. The number of alkyl carbamates (subject to hydrolysis) is 1. The molecule has 2 aromatic rings. The molecule has 2 N–H and O–H groups in total. The van der Waals surface area contributed by atoms with Crippen LogP contribution in [0.25, 0.3) is 11.1 Å². The number of fused-ring (bicyclic) bond motifs is 3. The molecule has 2 aromatic carbocycles. The number of aliphatic carboxylic acids is 1. The zero-order valence-electron chi connectivity index (χ0n) is 18.5. The van der Waals surface area contributed by atoms with Crippen molar-refractivity contribution < 1.29 is 29.0 Å². The van der Waals surface area contributed by atoms with Crippen LogP contribution in [0.2, 0.25) is 0 Å². The largest absolute Gasteiger partial charge is 0.481 e. The number of hydrogen-bond donors (Lipinski definition) is 2. The highest BCUT2D eigenvalue weighted by Gasteiger charge is 2.31. The fourth-order valence-electron chi connectivity index (χ4n) is 4.63. The lowest BCUT2D eigenvalue weighted by Crippen LogP contribution is -2.51. The van der Waals surface area contributed by atoms with Crippen LogP contribution >= 0.6 is 0 Å². The van der Waals surface area contributed by atoms with Crippen molar-refractivity contribution in [2.24, 2.45) is 0 Å². The number of ether oxygens (including phenoxy) is 2. The highest BCUT2D eigenvalue weighted by molar-refractivity contribution is 5.80. The van der Waals surface area contributed by atoms with Gasteiger partial charge in [0.2, 0.25) is 5.91 Å². The van der Waals surface area contributed by atoms with Crippen LogP contribution in [0.3, 0.4) is 0 Å². The van der Waals surface area contributed by atoms with Crippen LogP contribution in [0, 0.1) is 0 Å². The molecule has 2 atom stereocenters. The van der Waals surface area contributed by atoms with E-state index >= 15 is 0 Å². The van der Waals surface area contributed by atoms with Gasteiger partial charge in [-0.25, -0.2) is 4.79 Å². The monoisotopic (exact) mass is 452 g/mol. The Morgan fingerprint density at radius 2 is 1.76 bits per heavy atom. The number of nitrogens with zero attached hydrogens (tertiary/aromatic N) is 1. The van der Waals surface area contributed by atoms with Crippen LogP contribution in [0.1, 0.15) is 36.8 Å². The molecule has 0 spiro atoms. The minimum absolute atomic E-state index is 0.0368. The van der Waals surface area contributed by atoms with Crippen molar-refractivity contribution in [3.63, 3.8) is 0 Å². The molecule has 1 aliphatic carbocycles. The fraction of sp³-hybridized carbons (Fsp3) is 0.400. The van der Waals surface area contributed by atoms with Crippen LogP contribution < -0.4 is 5.32 Å². The molecule has 4 rings (SSSR count). The van der Waals surface area contributed by atoms with E-state index in [0.29, 0.717) is 13.2 Å². The number of hydrogen-bond acceptors (Lipinski definition) is 5. The molecule has 8 nitrogen and oxygen atoms in total. The van der Waals surface area contributed by atoms with Crippen molar-refractivity contribution >= 4 is 18.0 Å². The molecule has 1 unspecified atom stereocenters. The SMILES string of the molecule is C[C@@H](CC(=O)N1CCOCC1CC(=O)O)NC(=O)OCC1c2ccccc2-c2ccccc21. The Morgan fingerprint density at radius 3 is 2.39 bits per heavy atom. The molecule has 1 saturated heterocycles. The third-order valence-electron chi connectivity index (χ3n) is 6.15. The van der Waals surface area contributed by atoms with E-state index in [1.165, 1.54) is 4.90 Å². The van der Waals surface area contributed by atoms with Crippen molar-refractivity contribution in [3.8, 4) is 11.1 Å². The molecule has 1 heterocycles. The summed E-state index contributed by atoms with van der Waals surface area (Å²) >= 11 is 0. The highest BCUT2D eigenvalue weighted by atomic mass is 16.5.